The van der Waals surface area contributed by atoms with Crippen molar-refractivity contribution >= 4 is 50.9 Å². The standard InChI is InChI=1S/C38H41BrN2O4/c1-3-8-24(20-26-21-27(39)13-18-33(26)42)12-19-34-35-25(9-4-2)22-31-36(32(35)23-45-34)38(44)41(37(31)43)30-16-14-29(15-17-30)40-28-10-6-5-7-11-28/h5-7,10-11,13-18,20-21,31-32,34,36,40,42H,3-4,8-9,12,19,22-23H2,1-2H3/b24-20+/t31-,32+,34-,36-/m1/s1. The molecule has 6 rings (SSSR count). The third kappa shape index (κ3) is 6.52. The molecular weight excluding hydrogens is 628 g/mol. The number of para-hydroxylation sites is 1. The number of nitrogens with zero attached hydrogens (tertiary/aromatic N) is 1. The number of phenolic OH excluding ortho intramolecular Hbond substituents is 1. The highest BCUT2D eigenvalue weighted by Gasteiger charge is 2.57. The van der Waals surface area contributed by atoms with Gasteiger partial charge in [-0.2, -0.15) is 0 Å². The highest BCUT2D eigenvalue weighted by atomic mass is 79.9. The van der Waals surface area contributed by atoms with Crippen molar-refractivity contribution in [2.24, 2.45) is 17.8 Å². The second-order valence-electron chi connectivity index (χ2n) is 12.4. The first-order valence-corrected chi connectivity index (χ1v) is 17.0. The molecule has 3 aromatic rings. The number of hydrogen-bond donors (Lipinski definition) is 2. The molecule has 7 heteroatoms. The van der Waals surface area contributed by atoms with Gasteiger partial charge in [-0.05, 0) is 92.3 Å². The first-order valence-electron chi connectivity index (χ1n) is 16.2. The van der Waals surface area contributed by atoms with E-state index in [1.165, 1.54) is 21.6 Å². The van der Waals surface area contributed by atoms with Crippen LogP contribution in [-0.4, -0.2) is 29.6 Å². The van der Waals surface area contributed by atoms with E-state index in [1.807, 2.05) is 66.7 Å². The molecule has 2 fully saturated rings. The topological polar surface area (TPSA) is 78.9 Å². The fourth-order valence-corrected chi connectivity index (χ4v) is 7.79. The van der Waals surface area contributed by atoms with Crippen LogP contribution in [-0.2, 0) is 14.3 Å². The van der Waals surface area contributed by atoms with Crippen molar-refractivity contribution in [3.8, 4) is 5.75 Å². The fourth-order valence-electron chi connectivity index (χ4n) is 7.42. The summed E-state index contributed by atoms with van der Waals surface area (Å²) in [5.74, 6) is -0.716. The Morgan fingerprint density at radius 1 is 0.956 bits per heavy atom. The molecule has 2 amide bonds. The number of aromatic hydroxyl groups is 1. The number of carbonyl (C=O) groups is 2. The maximum atomic E-state index is 14.0. The second kappa shape index (κ2) is 13.8. The number of fused-ring (bicyclic) bond motifs is 3. The lowest BCUT2D eigenvalue weighted by Gasteiger charge is -2.32. The number of amides is 2. The number of allylic oxidation sites excluding steroid dienone is 2. The number of imide groups is 1. The van der Waals surface area contributed by atoms with E-state index >= 15 is 0 Å². The van der Waals surface area contributed by atoms with Gasteiger partial charge >= 0.3 is 0 Å². The summed E-state index contributed by atoms with van der Waals surface area (Å²) in [5, 5.41) is 13.8. The number of halogens is 1. The number of phenols is 1. The molecule has 2 saturated heterocycles. The van der Waals surface area contributed by atoms with Crippen molar-refractivity contribution in [2.75, 3.05) is 16.8 Å². The van der Waals surface area contributed by atoms with Crippen LogP contribution in [0.1, 0.15) is 64.4 Å². The average Bonchev–Trinajstić information content (AvgIpc) is 3.57. The van der Waals surface area contributed by atoms with Crippen molar-refractivity contribution in [3.05, 3.63) is 99.6 Å². The molecule has 3 aliphatic rings. The molecule has 0 unspecified atom stereocenters. The monoisotopic (exact) mass is 668 g/mol. The van der Waals surface area contributed by atoms with E-state index in [4.69, 9.17) is 4.74 Å². The van der Waals surface area contributed by atoms with Gasteiger partial charge in [-0.3, -0.25) is 14.5 Å². The van der Waals surface area contributed by atoms with Crippen LogP contribution in [0, 0.1) is 17.8 Å². The minimum Gasteiger partial charge on any atom is -0.507 e. The molecule has 6 nitrogen and oxygen atoms in total. The molecule has 0 spiro atoms. The van der Waals surface area contributed by atoms with Gasteiger partial charge in [-0.15, -0.1) is 0 Å². The quantitative estimate of drug-likeness (QED) is 0.157. The molecule has 0 bridgehead atoms. The lowest BCUT2D eigenvalue weighted by Crippen LogP contribution is -2.34. The summed E-state index contributed by atoms with van der Waals surface area (Å²) in [5.41, 5.74) is 7.15. The molecule has 0 saturated carbocycles. The Balaban J connectivity index is 1.20. The zero-order valence-corrected chi connectivity index (χ0v) is 27.6. The highest BCUT2D eigenvalue weighted by Crippen LogP contribution is 2.51. The predicted molar refractivity (Wildman–Crippen MR) is 183 cm³/mol. The smallest absolute Gasteiger partial charge is 0.238 e. The Morgan fingerprint density at radius 3 is 2.44 bits per heavy atom. The number of rotatable bonds is 11. The van der Waals surface area contributed by atoms with Crippen LogP contribution in [0.4, 0.5) is 17.1 Å². The number of hydrogen-bond acceptors (Lipinski definition) is 5. The molecular formula is C38H41BrN2O4. The fraction of sp³-hybridized carbons (Fsp3) is 0.368. The number of nitrogens with one attached hydrogen (secondary N) is 1. The van der Waals surface area contributed by atoms with Crippen LogP contribution < -0.4 is 10.2 Å². The third-order valence-corrected chi connectivity index (χ3v) is 9.89. The molecule has 2 N–H and O–H groups in total. The summed E-state index contributed by atoms with van der Waals surface area (Å²) in [6.07, 6.45) is 8.19. The maximum absolute atomic E-state index is 14.0. The lowest BCUT2D eigenvalue weighted by atomic mass is 9.68. The molecule has 4 atom stereocenters. The van der Waals surface area contributed by atoms with Crippen molar-refractivity contribution in [2.45, 2.75) is 64.9 Å². The molecule has 234 valence electrons. The summed E-state index contributed by atoms with van der Waals surface area (Å²) in [7, 11) is 0. The largest absolute Gasteiger partial charge is 0.507 e. The van der Waals surface area contributed by atoms with E-state index in [1.54, 1.807) is 6.07 Å². The van der Waals surface area contributed by atoms with Gasteiger partial charge in [0.25, 0.3) is 0 Å². The van der Waals surface area contributed by atoms with Crippen LogP contribution in [0.3, 0.4) is 0 Å². The van der Waals surface area contributed by atoms with Gasteiger partial charge in [0.1, 0.15) is 5.75 Å². The van der Waals surface area contributed by atoms with Gasteiger partial charge in [-0.25, -0.2) is 0 Å². The lowest BCUT2D eigenvalue weighted by molar-refractivity contribution is -0.122. The van der Waals surface area contributed by atoms with Crippen LogP contribution in [0.5, 0.6) is 5.75 Å². The van der Waals surface area contributed by atoms with E-state index in [0.29, 0.717) is 18.7 Å². The van der Waals surface area contributed by atoms with Gasteiger partial charge < -0.3 is 15.2 Å². The van der Waals surface area contributed by atoms with E-state index in [9.17, 15) is 14.7 Å². The summed E-state index contributed by atoms with van der Waals surface area (Å²) in [6.45, 7) is 4.81. The van der Waals surface area contributed by atoms with E-state index in [2.05, 4.69) is 41.2 Å². The molecule has 0 radical (unpaired) electrons. The summed E-state index contributed by atoms with van der Waals surface area (Å²) >= 11 is 3.52. The zero-order chi connectivity index (χ0) is 31.5. The van der Waals surface area contributed by atoms with Crippen LogP contribution in [0.25, 0.3) is 6.08 Å². The number of anilines is 3. The van der Waals surface area contributed by atoms with Gasteiger partial charge in [0, 0.05) is 27.3 Å². The predicted octanol–water partition coefficient (Wildman–Crippen LogP) is 9.18. The number of benzene rings is 3. The Morgan fingerprint density at radius 2 is 1.71 bits per heavy atom. The summed E-state index contributed by atoms with van der Waals surface area (Å²) in [6, 6.07) is 23.0. The first-order chi connectivity index (χ1) is 21.9. The van der Waals surface area contributed by atoms with Crippen LogP contribution in [0.15, 0.2) is 94.0 Å². The Kier molecular flexibility index (Phi) is 9.57. The Bertz CT molecular complexity index is 1610. The molecule has 0 aromatic heterocycles. The number of carbonyl (C=O) groups excluding carboxylic acids is 2. The van der Waals surface area contributed by atoms with Gasteiger partial charge in [0.15, 0.2) is 0 Å². The minimum absolute atomic E-state index is 0.0610. The van der Waals surface area contributed by atoms with Crippen molar-refractivity contribution in [3.63, 3.8) is 0 Å². The second-order valence-corrected chi connectivity index (χ2v) is 13.3. The van der Waals surface area contributed by atoms with Crippen molar-refractivity contribution < 1.29 is 19.4 Å². The molecule has 45 heavy (non-hydrogen) atoms. The van der Waals surface area contributed by atoms with Gasteiger partial charge in [0.2, 0.25) is 11.8 Å². The van der Waals surface area contributed by atoms with Gasteiger partial charge in [-0.1, -0.05) is 78.0 Å². The Hall–Kier alpha value is -3.68. The van der Waals surface area contributed by atoms with Crippen LogP contribution in [0.2, 0.25) is 0 Å². The molecule has 2 heterocycles. The van der Waals surface area contributed by atoms with Crippen molar-refractivity contribution in [1.29, 1.82) is 0 Å². The van der Waals surface area contributed by atoms with E-state index in [0.717, 1.165) is 59.9 Å². The number of ether oxygens (including phenoxy) is 1. The summed E-state index contributed by atoms with van der Waals surface area (Å²) < 4.78 is 7.40. The zero-order valence-electron chi connectivity index (χ0n) is 26.0. The molecule has 1 aliphatic carbocycles. The van der Waals surface area contributed by atoms with E-state index < -0.39 is 0 Å². The Labute approximate surface area is 274 Å². The highest BCUT2D eigenvalue weighted by molar-refractivity contribution is 9.10. The van der Waals surface area contributed by atoms with E-state index in [-0.39, 0.29) is 41.4 Å². The normalized spacial score (nSPS) is 23.0. The average molecular weight is 670 g/mol. The minimum atomic E-state index is -0.385. The molecule has 2 aliphatic heterocycles. The maximum Gasteiger partial charge on any atom is 0.238 e. The first kappa shape index (κ1) is 31.3. The van der Waals surface area contributed by atoms with Gasteiger partial charge in [0.05, 0.1) is 30.2 Å². The SMILES string of the molecule is CCCC1=C2[C@@H](CC/C(=C/c3cc(Br)ccc3O)CCC)OC[C@@H]2[C@@H]2C(=O)N(c3ccc(Nc4ccccc4)cc3)C(=O)[C@@H]2C1. The summed E-state index contributed by atoms with van der Waals surface area (Å²) in [4.78, 5) is 29.3. The molecule has 3 aromatic carbocycles. The van der Waals surface area contributed by atoms with Crippen LogP contribution >= 0.6 is 15.9 Å². The van der Waals surface area contributed by atoms with Crippen molar-refractivity contribution in [1.82, 2.24) is 0 Å². The third-order valence-electron chi connectivity index (χ3n) is 9.40.